The van der Waals surface area contributed by atoms with Crippen molar-refractivity contribution in [3.05, 3.63) is 24.0 Å². The largest absolute Gasteiger partial charge is 0.381 e. The molecule has 0 spiro atoms. The van der Waals surface area contributed by atoms with Gasteiger partial charge in [0, 0.05) is 24.9 Å². The molecular formula is C13H20N2O. The molecule has 1 aromatic heterocycles. The van der Waals surface area contributed by atoms with Gasteiger partial charge in [0.25, 0.3) is 0 Å². The molecule has 2 heterocycles. The van der Waals surface area contributed by atoms with Gasteiger partial charge in [-0.2, -0.15) is 0 Å². The zero-order valence-corrected chi connectivity index (χ0v) is 10.1. The molecule has 0 bridgehead atoms. The Balaban J connectivity index is 1.90. The van der Waals surface area contributed by atoms with Gasteiger partial charge in [-0.1, -0.05) is 0 Å². The fourth-order valence-electron chi connectivity index (χ4n) is 2.15. The highest BCUT2D eigenvalue weighted by molar-refractivity contribution is 5.41. The fourth-order valence-corrected chi connectivity index (χ4v) is 2.15. The van der Waals surface area contributed by atoms with Crippen molar-refractivity contribution in [2.75, 3.05) is 18.5 Å². The van der Waals surface area contributed by atoms with Crippen LogP contribution in [0.1, 0.15) is 25.5 Å². The Bertz CT molecular complexity index is 317. The molecule has 16 heavy (non-hydrogen) atoms. The lowest BCUT2D eigenvalue weighted by atomic mass is 9.93. The van der Waals surface area contributed by atoms with E-state index in [1.807, 2.05) is 19.2 Å². The average molecular weight is 220 g/mol. The Morgan fingerprint density at radius 3 is 2.75 bits per heavy atom. The van der Waals surface area contributed by atoms with Gasteiger partial charge in [-0.3, -0.25) is 4.98 Å². The minimum atomic E-state index is 0.494. The zero-order valence-electron chi connectivity index (χ0n) is 10.1. The summed E-state index contributed by atoms with van der Waals surface area (Å²) in [7, 11) is 0. The lowest BCUT2D eigenvalue weighted by Gasteiger charge is -2.28. The van der Waals surface area contributed by atoms with Gasteiger partial charge in [0.05, 0.1) is 11.9 Å². The normalized spacial score (nSPS) is 19.4. The molecule has 0 amide bonds. The monoisotopic (exact) mass is 220 g/mol. The van der Waals surface area contributed by atoms with Gasteiger partial charge >= 0.3 is 0 Å². The molecule has 1 aliphatic rings. The lowest BCUT2D eigenvalue weighted by Crippen LogP contribution is -2.30. The van der Waals surface area contributed by atoms with E-state index in [1.54, 1.807) is 0 Å². The minimum Gasteiger partial charge on any atom is -0.381 e. The number of pyridine rings is 1. The molecule has 0 saturated carbocycles. The van der Waals surface area contributed by atoms with Gasteiger partial charge in [0.1, 0.15) is 0 Å². The maximum Gasteiger partial charge on any atom is 0.0529 e. The number of hydrogen-bond donors (Lipinski definition) is 1. The summed E-state index contributed by atoms with van der Waals surface area (Å²) in [6.07, 6.45) is 4.23. The maximum absolute atomic E-state index is 5.38. The van der Waals surface area contributed by atoms with E-state index >= 15 is 0 Å². The van der Waals surface area contributed by atoms with Crippen molar-refractivity contribution in [3.63, 3.8) is 0 Å². The summed E-state index contributed by atoms with van der Waals surface area (Å²) in [5.41, 5.74) is 2.17. The van der Waals surface area contributed by atoms with Crippen LogP contribution in [-0.2, 0) is 4.74 Å². The average Bonchev–Trinajstić information content (AvgIpc) is 2.33. The Kier molecular flexibility index (Phi) is 3.78. The highest BCUT2D eigenvalue weighted by atomic mass is 16.5. The highest BCUT2D eigenvalue weighted by Crippen LogP contribution is 2.21. The van der Waals surface area contributed by atoms with E-state index < -0.39 is 0 Å². The lowest BCUT2D eigenvalue weighted by molar-refractivity contribution is 0.0622. The molecule has 1 aromatic rings. The van der Waals surface area contributed by atoms with Crippen molar-refractivity contribution in [2.45, 2.75) is 32.7 Å². The summed E-state index contributed by atoms with van der Waals surface area (Å²) >= 11 is 0. The summed E-state index contributed by atoms with van der Waals surface area (Å²) in [6.45, 7) is 6.06. The Labute approximate surface area is 97.2 Å². The first kappa shape index (κ1) is 11.4. The Morgan fingerprint density at radius 1 is 1.38 bits per heavy atom. The van der Waals surface area contributed by atoms with E-state index in [9.17, 15) is 0 Å². The molecule has 1 atom stereocenters. The van der Waals surface area contributed by atoms with Crippen molar-refractivity contribution in [1.29, 1.82) is 0 Å². The Hall–Kier alpha value is -1.09. The molecule has 2 rings (SSSR count). The van der Waals surface area contributed by atoms with Crippen LogP contribution in [0.25, 0.3) is 0 Å². The smallest absolute Gasteiger partial charge is 0.0529 e. The SMILES string of the molecule is Cc1ccc(NC(C)C2CCOCC2)cn1. The predicted molar refractivity (Wildman–Crippen MR) is 65.6 cm³/mol. The summed E-state index contributed by atoms with van der Waals surface area (Å²) in [5.74, 6) is 0.718. The zero-order chi connectivity index (χ0) is 11.4. The van der Waals surface area contributed by atoms with Crippen molar-refractivity contribution >= 4 is 5.69 Å². The van der Waals surface area contributed by atoms with E-state index in [0.717, 1.165) is 43.4 Å². The van der Waals surface area contributed by atoms with Crippen LogP contribution < -0.4 is 5.32 Å². The molecule has 1 saturated heterocycles. The summed E-state index contributed by atoms with van der Waals surface area (Å²) in [4.78, 5) is 4.29. The van der Waals surface area contributed by atoms with Crippen molar-refractivity contribution in [3.8, 4) is 0 Å². The van der Waals surface area contributed by atoms with Crippen molar-refractivity contribution in [2.24, 2.45) is 5.92 Å². The summed E-state index contributed by atoms with van der Waals surface area (Å²) in [5, 5.41) is 3.52. The second kappa shape index (κ2) is 5.30. The van der Waals surface area contributed by atoms with Gasteiger partial charge in [0.2, 0.25) is 0 Å². The number of nitrogens with zero attached hydrogens (tertiary/aromatic N) is 1. The Morgan fingerprint density at radius 2 is 2.12 bits per heavy atom. The maximum atomic E-state index is 5.38. The van der Waals surface area contributed by atoms with Crippen LogP contribution in [-0.4, -0.2) is 24.2 Å². The number of ether oxygens (including phenoxy) is 1. The third-order valence-corrected chi connectivity index (χ3v) is 3.28. The number of aryl methyl sites for hydroxylation is 1. The van der Waals surface area contributed by atoms with Crippen LogP contribution >= 0.6 is 0 Å². The van der Waals surface area contributed by atoms with Crippen LogP contribution in [0, 0.1) is 12.8 Å². The molecule has 1 aliphatic heterocycles. The van der Waals surface area contributed by atoms with Crippen LogP contribution in [0.4, 0.5) is 5.69 Å². The molecule has 0 aliphatic carbocycles. The topological polar surface area (TPSA) is 34.1 Å². The third kappa shape index (κ3) is 2.95. The number of aromatic nitrogens is 1. The van der Waals surface area contributed by atoms with Crippen LogP contribution in [0.3, 0.4) is 0 Å². The molecular weight excluding hydrogens is 200 g/mol. The molecule has 3 nitrogen and oxygen atoms in total. The second-order valence-corrected chi connectivity index (χ2v) is 4.57. The van der Waals surface area contributed by atoms with Gasteiger partial charge in [0.15, 0.2) is 0 Å². The van der Waals surface area contributed by atoms with Crippen LogP contribution in [0.2, 0.25) is 0 Å². The van der Waals surface area contributed by atoms with Gasteiger partial charge < -0.3 is 10.1 Å². The number of nitrogens with one attached hydrogen (secondary N) is 1. The minimum absolute atomic E-state index is 0.494. The molecule has 0 radical (unpaired) electrons. The van der Waals surface area contributed by atoms with Crippen molar-refractivity contribution in [1.82, 2.24) is 4.98 Å². The number of anilines is 1. The van der Waals surface area contributed by atoms with Crippen LogP contribution in [0.5, 0.6) is 0 Å². The van der Waals surface area contributed by atoms with E-state index in [-0.39, 0.29) is 0 Å². The number of rotatable bonds is 3. The van der Waals surface area contributed by atoms with E-state index in [4.69, 9.17) is 4.74 Å². The fraction of sp³-hybridized carbons (Fsp3) is 0.615. The third-order valence-electron chi connectivity index (χ3n) is 3.28. The highest BCUT2D eigenvalue weighted by Gasteiger charge is 2.20. The first-order valence-corrected chi connectivity index (χ1v) is 6.02. The first-order valence-electron chi connectivity index (χ1n) is 6.02. The van der Waals surface area contributed by atoms with Gasteiger partial charge in [-0.25, -0.2) is 0 Å². The molecule has 1 N–H and O–H groups in total. The molecule has 1 unspecified atom stereocenters. The van der Waals surface area contributed by atoms with E-state index in [2.05, 4.69) is 23.3 Å². The van der Waals surface area contributed by atoms with Gasteiger partial charge in [-0.05, 0) is 44.7 Å². The summed E-state index contributed by atoms with van der Waals surface area (Å²) in [6, 6.07) is 4.63. The number of hydrogen-bond acceptors (Lipinski definition) is 3. The molecule has 1 fully saturated rings. The van der Waals surface area contributed by atoms with Crippen molar-refractivity contribution < 1.29 is 4.74 Å². The first-order chi connectivity index (χ1) is 7.75. The second-order valence-electron chi connectivity index (χ2n) is 4.57. The standard InChI is InChI=1S/C13H20N2O/c1-10-3-4-13(9-14-10)15-11(2)12-5-7-16-8-6-12/h3-4,9,11-12,15H,5-8H2,1-2H3. The molecule has 88 valence electrons. The molecule has 3 heteroatoms. The van der Waals surface area contributed by atoms with Crippen LogP contribution in [0.15, 0.2) is 18.3 Å². The molecule has 0 aromatic carbocycles. The quantitative estimate of drug-likeness (QED) is 0.850. The van der Waals surface area contributed by atoms with Gasteiger partial charge in [-0.15, -0.1) is 0 Å². The van der Waals surface area contributed by atoms with E-state index in [0.29, 0.717) is 6.04 Å². The summed E-state index contributed by atoms with van der Waals surface area (Å²) < 4.78 is 5.38. The van der Waals surface area contributed by atoms with E-state index in [1.165, 1.54) is 0 Å². The predicted octanol–water partition coefficient (Wildman–Crippen LogP) is 2.62.